The minimum absolute atomic E-state index is 0.129. The number of piperidine rings is 1. The topological polar surface area (TPSA) is 87.5 Å². The number of benzene rings is 1. The Morgan fingerprint density at radius 1 is 1.13 bits per heavy atom. The molecule has 1 aliphatic heterocycles. The molecule has 244 valence electrons. The highest BCUT2D eigenvalue weighted by Crippen LogP contribution is 2.38. The van der Waals surface area contributed by atoms with Gasteiger partial charge in [-0.1, -0.05) is 25.0 Å². The second kappa shape index (κ2) is 13.5. The number of rotatable bonds is 10. The molecule has 0 unspecified atom stereocenters. The summed E-state index contributed by atoms with van der Waals surface area (Å²) in [7, 11) is 3.05. The smallest absolute Gasteiger partial charge is 0.335 e. The van der Waals surface area contributed by atoms with Crippen LogP contribution in [0.5, 0.6) is 0 Å². The van der Waals surface area contributed by atoms with Crippen molar-refractivity contribution < 1.29 is 31.5 Å². The van der Waals surface area contributed by atoms with E-state index in [4.69, 9.17) is 0 Å². The number of carbonyl (C=O) groups excluding carboxylic acids is 2. The van der Waals surface area contributed by atoms with Gasteiger partial charge in [0.05, 0.1) is 17.8 Å². The largest absolute Gasteiger partial charge is 0.418 e. The Morgan fingerprint density at radius 2 is 1.87 bits per heavy atom. The molecule has 0 radical (unpaired) electrons. The lowest BCUT2D eigenvalue weighted by Gasteiger charge is -2.35. The minimum Gasteiger partial charge on any atom is -0.335 e. The molecule has 0 spiro atoms. The third-order valence-electron chi connectivity index (χ3n) is 8.59. The summed E-state index contributed by atoms with van der Waals surface area (Å²) in [6.07, 6.45) is 0.319. The Kier molecular flexibility index (Phi) is 9.87. The number of anilines is 1. The van der Waals surface area contributed by atoms with E-state index in [9.17, 15) is 31.5 Å². The molecule has 2 amide bonds. The highest BCUT2D eigenvalue weighted by molar-refractivity contribution is 7.13. The van der Waals surface area contributed by atoms with E-state index in [1.54, 1.807) is 23.5 Å². The number of hydrogen-bond donors (Lipinski definition) is 0. The van der Waals surface area contributed by atoms with Crippen molar-refractivity contribution in [2.45, 2.75) is 75.4 Å². The van der Waals surface area contributed by atoms with Crippen LogP contribution in [0.3, 0.4) is 0 Å². The highest BCUT2D eigenvalue weighted by Gasteiger charge is 2.38. The first-order valence-corrected chi connectivity index (χ1v) is 15.9. The van der Waals surface area contributed by atoms with Crippen LogP contribution in [0.15, 0.2) is 35.8 Å². The van der Waals surface area contributed by atoms with Crippen LogP contribution >= 0.6 is 11.3 Å². The number of likely N-dealkylation sites (tertiary alicyclic amines) is 1. The van der Waals surface area contributed by atoms with Gasteiger partial charge < -0.3 is 4.90 Å². The molecule has 1 atom stereocenters. The fourth-order valence-corrected chi connectivity index (χ4v) is 6.72. The van der Waals surface area contributed by atoms with Crippen LogP contribution in [-0.2, 0) is 11.0 Å². The lowest BCUT2D eigenvalue weighted by atomic mass is 10.0. The molecule has 15 heteroatoms. The molecular weight excluding hydrogens is 617 g/mol. The second-order valence-electron chi connectivity index (χ2n) is 11.8. The number of thiazole rings is 1. The van der Waals surface area contributed by atoms with Gasteiger partial charge in [0.1, 0.15) is 5.82 Å². The molecule has 1 aliphatic carbocycles. The molecule has 0 bridgehead atoms. The van der Waals surface area contributed by atoms with E-state index in [1.165, 1.54) is 46.4 Å². The molecule has 0 N–H and O–H groups in total. The average Bonchev–Trinajstić information content (AvgIpc) is 3.79. The lowest BCUT2D eigenvalue weighted by molar-refractivity contribution is -0.137. The monoisotopic (exact) mass is 653 g/mol. The summed E-state index contributed by atoms with van der Waals surface area (Å²) in [5.41, 5.74) is -1.11. The predicted octanol–water partition coefficient (Wildman–Crippen LogP) is 6.02. The first-order valence-electron chi connectivity index (χ1n) is 15.0. The maximum absolute atomic E-state index is 14.1. The standard InChI is InChI=1S/C30H36F5N7O2S/c1-39(21(12-16-41-15-7-13-29(31,32)19-41)18-24(43)40(2)28-36-14-17-45-28)27(44)25-37-26(20-8-3-4-9-20)42(38-25)23-11-6-5-10-22(23)30(33,34)35/h5-6,10-11,14,17,20-21H,3-4,7-9,12-13,15-16,18-19H2,1-2H3/t21-/m0/s1. The predicted molar refractivity (Wildman–Crippen MR) is 159 cm³/mol. The van der Waals surface area contributed by atoms with E-state index < -0.39 is 36.2 Å². The third-order valence-corrected chi connectivity index (χ3v) is 9.44. The molecule has 3 heterocycles. The lowest BCUT2D eigenvalue weighted by Crippen LogP contribution is -2.46. The van der Waals surface area contributed by atoms with Crippen molar-refractivity contribution in [3.8, 4) is 5.69 Å². The van der Waals surface area contributed by atoms with Crippen LogP contribution in [0.25, 0.3) is 5.69 Å². The van der Waals surface area contributed by atoms with Crippen LogP contribution in [0.1, 0.15) is 79.3 Å². The molecule has 2 aliphatic rings. The number of alkyl halides is 5. The summed E-state index contributed by atoms with van der Waals surface area (Å²) >= 11 is 1.27. The van der Waals surface area contributed by atoms with Crippen LogP contribution in [-0.4, -0.2) is 87.1 Å². The molecular formula is C30H36F5N7O2S. The molecule has 1 aromatic carbocycles. The Balaban J connectivity index is 1.44. The van der Waals surface area contributed by atoms with Crippen molar-refractivity contribution in [1.29, 1.82) is 0 Å². The van der Waals surface area contributed by atoms with Gasteiger partial charge in [-0.15, -0.1) is 16.4 Å². The SMILES string of the molecule is CN(C(=O)C[C@H](CCN1CCCC(F)(F)C1)N(C)C(=O)c1nc(C2CCCC2)n(-c2ccccc2C(F)(F)F)n1)c1nccs1. The molecule has 9 nitrogen and oxygen atoms in total. The van der Waals surface area contributed by atoms with Crippen molar-refractivity contribution in [2.24, 2.45) is 0 Å². The van der Waals surface area contributed by atoms with Gasteiger partial charge in [-0.2, -0.15) is 13.2 Å². The van der Waals surface area contributed by atoms with E-state index in [-0.39, 0.29) is 55.0 Å². The number of amides is 2. The van der Waals surface area contributed by atoms with Crippen LogP contribution in [0, 0.1) is 0 Å². The summed E-state index contributed by atoms with van der Waals surface area (Å²) < 4.78 is 71.3. The molecule has 1 saturated carbocycles. The van der Waals surface area contributed by atoms with Crippen molar-refractivity contribution in [1.82, 2.24) is 29.5 Å². The quantitative estimate of drug-likeness (QED) is 0.249. The van der Waals surface area contributed by atoms with E-state index in [0.717, 1.165) is 23.6 Å². The van der Waals surface area contributed by atoms with E-state index in [0.29, 0.717) is 30.9 Å². The maximum Gasteiger partial charge on any atom is 0.418 e. The zero-order valence-electron chi connectivity index (χ0n) is 25.1. The Bertz CT molecular complexity index is 1470. The van der Waals surface area contributed by atoms with Gasteiger partial charge in [0.15, 0.2) is 5.13 Å². The number of aromatic nitrogens is 4. The third kappa shape index (κ3) is 7.68. The highest BCUT2D eigenvalue weighted by atomic mass is 32.1. The van der Waals surface area contributed by atoms with Gasteiger partial charge in [0.25, 0.3) is 11.8 Å². The summed E-state index contributed by atoms with van der Waals surface area (Å²) in [6.45, 7) is 0.294. The zero-order chi connectivity index (χ0) is 32.4. The van der Waals surface area contributed by atoms with Gasteiger partial charge in [-0.25, -0.2) is 23.4 Å². The minimum atomic E-state index is -4.66. The molecule has 45 heavy (non-hydrogen) atoms. The summed E-state index contributed by atoms with van der Waals surface area (Å²) in [5, 5.41) is 6.52. The van der Waals surface area contributed by atoms with Crippen molar-refractivity contribution in [3.05, 3.63) is 53.1 Å². The van der Waals surface area contributed by atoms with Crippen LogP contribution in [0.4, 0.5) is 27.1 Å². The first kappa shape index (κ1) is 32.9. The Hall–Kier alpha value is -3.46. The number of halogens is 5. The summed E-state index contributed by atoms with van der Waals surface area (Å²) in [5.74, 6) is -3.98. The number of hydrogen-bond acceptors (Lipinski definition) is 7. The van der Waals surface area contributed by atoms with E-state index in [2.05, 4.69) is 15.1 Å². The molecule has 2 aromatic heterocycles. The van der Waals surface area contributed by atoms with Gasteiger partial charge in [0.2, 0.25) is 11.7 Å². The summed E-state index contributed by atoms with van der Waals surface area (Å²) in [6, 6.07) is 4.31. The number of nitrogens with zero attached hydrogens (tertiary/aromatic N) is 7. The molecule has 2 fully saturated rings. The fraction of sp³-hybridized carbons (Fsp3) is 0.567. The first-order chi connectivity index (χ1) is 21.3. The number of carbonyl (C=O) groups is 2. The molecule has 1 saturated heterocycles. The maximum atomic E-state index is 14.1. The normalized spacial score (nSPS) is 18.2. The van der Waals surface area contributed by atoms with Crippen LogP contribution in [0.2, 0.25) is 0 Å². The van der Waals surface area contributed by atoms with Crippen molar-refractivity contribution in [2.75, 3.05) is 38.6 Å². The molecule has 3 aromatic rings. The Labute approximate surface area is 262 Å². The average molecular weight is 654 g/mol. The van der Waals surface area contributed by atoms with Gasteiger partial charge in [-0.05, 0) is 44.4 Å². The number of para-hydroxylation sites is 1. The van der Waals surface area contributed by atoms with Crippen molar-refractivity contribution in [3.63, 3.8) is 0 Å². The second-order valence-corrected chi connectivity index (χ2v) is 12.6. The van der Waals surface area contributed by atoms with Gasteiger partial charge in [-0.3, -0.25) is 19.4 Å². The van der Waals surface area contributed by atoms with Gasteiger partial charge >= 0.3 is 6.18 Å². The van der Waals surface area contributed by atoms with E-state index in [1.807, 2.05) is 0 Å². The van der Waals surface area contributed by atoms with Crippen molar-refractivity contribution >= 4 is 28.3 Å². The summed E-state index contributed by atoms with van der Waals surface area (Å²) in [4.78, 5) is 40.2. The van der Waals surface area contributed by atoms with E-state index >= 15 is 0 Å². The van der Waals surface area contributed by atoms with Crippen LogP contribution < -0.4 is 4.90 Å². The zero-order valence-corrected chi connectivity index (χ0v) is 26.0. The fourth-order valence-electron chi connectivity index (χ4n) is 6.09. The Morgan fingerprint density at radius 3 is 2.53 bits per heavy atom. The van der Waals surface area contributed by atoms with Gasteiger partial charge in [0, 0.05) is 57.0 Å². The molecule has 5 rings (SSSR count).